The maximum Gasteiger partial charge on any atom is 0.330 e. The summed E-state index contributed by atoms with van der Waals surface area (Å²) in [6.07, 6.45) is 1.53. The number of rotatable bonds is 9. The third-order valence-electron chi connectivity index (χ3n) is 4.72. The normalized spacial score (nSPS) is 10.6. The molecule has 168 valence electrons. The molecule has 0 fully saturated rings. The average molecular weight is 431 g/mol. The lowest BCUT2D eigenvalue weighted by molar-refractivity contribution is -0.130. The zero-order valence-electron chi connectivity index (χ0n) is 18.3. The highest BCUT2D eigenvalue weighted by Crippen LogP contribution is 2.21. The van der Waals surface area contributed by atoms with Crippen LogP contribution in [0.15, 0.2) is 33.9 Å². The highest BCUT2D eigenvalue weighted by Gasteiger charge is 2.24. The SMILES string of the molecule is CCCCn1c(N)c(N(CC)C(=O)c2cccc(OCC(=O)N(C)C)c2)c(=O)[nH]c1=O. The topological polar surface area (TPSA) is 131 Å². The van der Waals surface area contributed by atoms with Crippen LogP contribution in [0, 0.1) is 0 Å². The molecule has 1 aromatic carbocycles. The number of nitrogens with one attached hydrogen (secondary N) is 1. The van der Waals surface area contributed by atoms with Gasteiger partial charge in [-0.2, -0.15) is 0 Å². The van der Waals surface area contributed by atoms with E-state index in [0.717, 1.165) is 6.42 Å². The third-order valence-corrected chi connectivity index (χ3v) is 4.72. The minimum absolute atomic E-state index is 0.0543. The van der Waals surface area contributed by atoms with Gasteiger partial charge in [-0.15, -0.1) is 0 Å². The molecule has 1 heterocycles. The Balaban J connectivity index is 2.38. The number of carbonyl (C=O) groups excluding carboxylic acids is 2. The van der Waals surface area contributed by atoms with Crippen LogP contribution in [0.4, 0.5) is 11.5 Å². The summed E-state index contributed by atoms with van der Waals surface area (Å²) in [6.45, 7) is 3.99. The van der Waals surface area contributed by atoms with Gasteiger partial charge in [0.25, 0.3) is 17.4 Å². The molecular formula is C21H29N5O5. The molecule has 0 saturated carbocycles. The van der Waals surface area contributed by atoms with Crippen molar-refractivity contribution in [2.45, 2.75) is 33.2 Å². The van der Waals surface area contributed by atoms with Gasteiger partial charge in [0.1, 0.15) is 11.6 Å². The molecule has 10 heteroatoms. The first-order chi connectivity index (χ1) is 14.7. The predicted molar refractivity (Wildman–Crippen MR) is 119 cm³/mol. The van der Waals surface area contributed by atoms with Crippen LogP contribution in [0.5, 0.6) is 5.75 Å². The fourth-order valence-corrected chi connectivity index (χ4v) is 2.93. The van der Waals surface area contributed by atoms with Gasteiger partial charge in [0, 0.05) is 32.7 Å². The van der Waals surface area contributed by atoms with Crippen LogP contribution in [0.2, 0.25) is 0 Å². The second-order valence-electron chi connectivity index (χ2n) is 7.15. The number of hydrogen-bond acceptors (Lipinski definition) is 6. The van der Waals surface area contributed by atoms with Gasteiger partial charge in [0.05, 0.1) is 0 Å². The summed E-state index contributed by atoms with van der Waals surface area (Å²) >= 11 is 0. The lowest BCUT2D eigenvalue weighted by Crippen LogP contribution is -2.41. The van der Waals surface area contributed by atoms with Crippen LogP contribution in [0.1, 0.15) is 37.0 Å². The molecular weight excluding hydrogens is 402 g/mol. The molecule has 0 aliphatic carbocycles. The number of hydrogen-bond donors (Lipinski definition) is 2. The highest BCUT2D eigenvalue weighted by molar-refractivity contribution is 6.07. The predicted octanol–water partition coefficient (Wildman–Crippen LogP) is 1.05. The number of anilines is 2. The van der Waals surface area contributed by atoms with Crippen LogP contribution < -0.4 is 26.6 Å². The Bertz CT molecular complexity index is 1060. The van der Waals surface area contributed by atoms with E-state index in [4.69, 9.17) is 10.5 Å². The van der Waals surface area contributed by atoms with Crippen LogP contribution in [0.3, 0.4) is 0 Å². The molecule has 0 aliphatic rings. The number of aromatic amines is 1. The Morgan fingerprint density at radius 1 is 1.19 bits per heavy atom. The Labute approximate surface area is 180 Å². The zero-order chi connectivity index (χ0) is 23.1. The highest BCUT2D eigenvalue weighted by atomic mass is 16.5. The summed E-state index contributed by atoms with van der Waals surface area (Å²) in [6, 6.07) is 6.31. The quantitative estimate of drug-likeness (QED) is 0.610. The fourth-order valence-electron chi connectivity index (χ4n) is 2.93. The number of carbonyl (C=O) groups is 2. The molecule has 1 aromatic heterocycles. The van der Waals surface area contributed by atoms with Crippen LogP contribution in [-0.2, 0) is 11.3 Å². The first-order valence-electron chi connectivity index (χ1n) is 10.1. The van der Waals surface area contributed by atoms with Gasteiger partial charge < -0.3 is 20.3 Å². The van der Waals surface area contributed by atoms with E-state index in [2.05, 4.69) is 4.98 Å². The van der Waals surface area contributed by atoms with E-state index in [-0.39, 0.29) is 36.1 Å². The molecule has 10 nitrogen and oxygen atoms in total. The number of H-pyrrole nitrogens is 1. The summed E-state index contributed by atoms with van der Waals surface area (Å²) in [7, 11) is 3.24. The van der Waals surface area contributed by atoms with E-state index in [1.807, 2.05) is 6.92 Å². The van der Waals surface area contributed by atoms with Crippen molar-refractivity contribution in [3.8, 4) is 5.75 Å². The standard InChI is InChI=1S/C21H29N5O5/c1-5-7-11-26-18(22)17(19(28)23-21(26)30)25(6-2)20(29)14-9-8-10-15(12-14)31-13-16(27)24(3)4/h8-10,12H,5-7,11,13,22H2,1-4H3,(H,23,28,30). The molecule has 2 rings (SSSR count). The van der Waals surface area contributed by atoms with Crippen molar-refractivity contribution in [1.29, 1.82) is 0 Å². The number of nitrogen functional groups attached to an aromatic ring is 1. The summed E-state index contributed by atoms with van der Waals surface area (Å²) < 4.78 is 6.73. The van der Waals surface area contributed by atoms with Gasteiger partial charge in [-0.05, 0) is 31.5 Å². The summed E-state index contributed by atoms with van der Waals surface area (Å²) in [5.41, 5.74) is 4.98. The number of nitrogens with two attached hydrogens (primary N) is 1. The molecule has 0 aliphatic heterocycles. The zero-order valence-corrected chi connectivity index (χ0v) is 18.3. The van der Waals surface area contributed by atoms with Crippen LogP contribution in [0.25, 0.3) is 0 Å². The number of ether oxygens (including phenoxy) is 1. The smallest absolute Gasteiger partial charge is 0.330 e. The first kappa shape index (κ1) is 23.7. The minimum atomic E-state index is -0.727. The van der Waals surface area contributed by atoms with Gasteiger partial charge in [-0.1, -0.05) is 19.4 Å². The van der Waals surface area contributed by atoms with Crippen molar-refractivity contribution < 1.29 is 14.3 Å². The molecule has 0 spiro atoms. The second-order valence-corrected chi connectivity index (χ2v) is 7.15. The van der Waals surface area contributed by atoms with Crippen molar-refractivity contribution in [1.82, 2.24) is 14.5 Å². The molecule has 2 aromatic rings. The number of benzene rings is 1. The maximum absolute atomic E-state index is 13.2. The monoisotopic (exact) mass is 431 g/mol. The van der Waals surface area contributed by atoms with E-state index in [0.29, 0.717) is 18.7 Å². The lowest BCUT2D eigenvalue weighted by Gasteiger charge is -2.23. The molecule has 3 N–H and O–H groups in total. The van der Waals surface area contributed by atoms with Gasteiger partial charge in [0.2, 0.25) is 0 Å². The van der Waals surface area contributed by atoms with Crippen LogP contribution in [-0.4, -0.2) is 53.5 Å². The molecule has 0 atom stereocenters. The minimum Gasteiger partial charge on any atom is -0.484 e. The maximum atomic E-state index is 13.2. The van der Waals surface area contributed by atoms with Crippen molar-refractivity contribution in [3.05, 3.63) is 50.7 Å². The van der Waals surface area contributed by atoms with E-state index < -0.39 is 17.2 Å². The number of amides is 2. The Morgan fingerprint density at radius 3 is 2.52 bits per heavy atom. The van der Waals surface area contributed by atoms with Gasteiger partial charge in [-0.25, -0.2) is 4.79 Å². The Kier molecular flexibility index (Phi) is 8.00. The fraction of sp³-hybridized carbons (Fsp3) is 0.429. The van der Waals surface area contributed by atoms with Crippen molar-refractivity contribution in [2.24, 2.45) is 0 Å². The number of likely N-dealkylation sites (N-methyl/N-ethyl adjacent to an activating group) is 1. The first-order valence-corrected chi connectivity index (χ1v) is 10.1. The number of aromatic nitrogens is 2. The number of unbranched alkanes of at least 4 members (excludes halogenated alkanes) is 1. The molecule has 0 bridgehead atoms. The molecule has 0 radical (unpaired) electrons. The lowest BCUT2D eigenvalue weighted by atomic mass is 10.1. The molecule has 2 amide bonds. The largest absolute Gasteiger partial charge is 0.484 e. The third kappa shape index (κ3) is 5.53. The second kappa shape index (κ2) is 10.5. The molecule has 0 saturated heterocycles. The summed E-state index contributed by atoms with van der Waals surface area (Å²) in [5, 5.41) is 0. The van der Waals surface area contributed by atoms with E-state index in [9.17, 15) is 19.2 Å². The Hall–Kier alpha value is -3.56. The Morgan fingerprint density at radius 2 is 1.90 bits per heavy atom. The van der Waals surface area contributed by atoms with Crippen molar-refractivity contribution >= 4 is 23.3 Å². The van der Waals surface area contributed by atoms with Crippen molar-refractivity contribution in [2.75, 3.05) is 37.9 Å². The number of nitrogens with zero attached hydrogens (tertiary/aromatic N) is 3. The summed E-state index contributed by atoms with van der Waals surface area (Å²) in [5.74, 6) is -0.418. The summed E-state index contributed by atoms with van der Waals surface area (Å²) in [4.78, 5) is 54.5. The van der Waals surface area contributed by atoms with Crippen molar-refractivity contribution in [3.63, 3.8) is 0 Å². The van der Waals surface area contributed by atoms with Gasteiger partial charge in [-0.3, -0.25) is 23.9 Å². The van der Waals surface area contributed by atoms with Gasteiger partial charge in [0.15, 0.2) is 12.3 Å². The van der Waals surface area contributed by atoms with E-state index in [1.54, 1.807) is 39.2 Å². The van der Waals surface area contributed by atoms with Gasteiger partial charge >= 0.3 is 5.69 Å². The average Bonchev–Trinajstić information content (AvgIpc) is 2.74. The van der Waals surface area contributed by atoms with E-state index in [1.165, 1.54) is 20.4 Å². The molecule has 0 unspecified atom stereocenters. The van der Waals surface area contributed by atoms with E-state index >= 15 is 0 Å². The van der Waals surface area contributed by atoms with Crippen LogP contribution >= 0.6 is 0 Å². The molecule has 31 heavy (non-hydrogen) atoms.